The van der Waals surface area contributed by atoms with Crippen molar-refractivity contribution in [3.63, 3.8) is 0 Å². The van der Waals surface area contributed by atoms with Crippen molar-refractivity contribution >= 4 is 23.2 Å². The number of ketones is 2. The van der Waals surface area contributed by atoms with Crippen LogP contribution in [0, 0.1) is 10.8 Å². The summed E-state index contributed by atoms with van der Waals surface area (Å²) in [5.74, 6) is 0.957. The third-order valence-electron chi connectivity index (χ3n) is 8.51. The number of Topliss-reactive ketones (excluding diaryl/α,β-unsaturated/α-hetero) is 2. The molecule has 3 aliphatic rings. The van der Waals surface area contributed by atoms with Crippen molar-refractivity contribution in [2.75, 3.05) is 32.7 Å². The van der Waals surface area contributed by atoms with Crippen LogP contribution in [0.5, 0.6) is 17.2 Å². The van der Waals surface area contributed by atoms with E-state index in [4.69, 9.17) is 14.2 Å². The number of methoxy groups -OCH3 is 1. The van der Waals surface area contributed by atoms with Crippen LogP contribution in [-0.4, -0.2) is 49.7 Å². The Balaban J connectivity index is 1.48. The smallest absolute Gasteiger partial charge is 0.262 e. The first-order chi connectivity index (χ1) is 20.3. The van der Waals surface area contributed by atoms with Gasteiger partial charge in [0.05, 0.1) is 13.7 Å². The second-order valence-electron chi connectivity index (χ2n) is 13.3. The van der Waals surface area contributed by atoms with Crippen LogP contribution in [0.25, 0.3) is 0 Å². The van der Waals surface area contributed by atoms with Crippen molar-refractivity contribution in [2.45, 2.75) is 66.2 Å². The van der Waals surface area contributed by atoms with Gasteiger partial charge >= 0.3 is 0 Å². The van der Waals surface area contributed by atoms with Gasteiger partial charge in [-0.25, -0.2) is 0 Å². The predicted octanol–water partition coefficient (Wildman–Crippen LogP) is 6.43. The number of allylic oxidation sites excluding steroid dienone is 4. The largest absolute Gasteiger partial charge is 0.497 e. The van der Waals surface area contributed by atoms with Gasteiger partial charge in [-0.05, 0) is 72.6 Å². The summed E-state index contributed by atoms with van der Waals surface area (Å²) in [4.78, 5) is 42.4. The lowest BCUT2D eigenvalue weighted by atomic mass is 9.64. The van der Waals surface area contributed by atoms with Gasteiger partial charge in [0.1, 0.15) is 5.75 Å². The minimum atomic E-state index is -0.472. The lowest BCUT2D eigenvalue weighted by molar-refractivity contribution is -0.120. The van der Waals surface area contributed by atoms with E-state index >= 15 is 0 Å². The molecule has 0 fully saturated rings. The molecule has 5 rings (SSSR count). The Morgan fingerprint density at radius 1 is 0.860 bits per heavy atom. The Morgan fingerprint density at radius 3 is 1.98 bits per heavy atom. The minimum Gasteiger partial charge on any atom is -0.497 e. The molecule has 1 heterocycles. The number of benzene rings is 2. The van der Waals surface area contributed by atoms with Crippen LogP contribution in [0.15, 0.2) is 65.0 Å². The van der Waals surface area contributed by atoms with Crippen molar-refractivity contribution in [2.24, 2.45) is 10.8 Å². The Labute approximate surface area is 254 Å². The first-order valence-electron chi connectivity index (χ1n) is 14.9. The molecule has 2 aliphatic carbocycles. The van der Waals surface area contributed by atoms with Gasteiger partial charge in [-0.2, -0.15) is 0 Å². The molecule has 0 bridgehead atoms. The molecule has 8 heteroatoms. The number of nitrogens with zero attached hydrogens (tertiary/aromatic N) is 1. The molecule has 1 N–H and O–H groups in total. The average Bonchev–Trinajstić information content (AvgIpc) is 2.93. The molecule has 1 amide bonds. The summed E-state index contributed by atoms with van der Waals surface area (Å²) in [6.07, 6.45) is 2.38. The summed E-state index contributed by atoms with van der Waals surface area (Å²) in [5.41, 5.74) is 4.54. The maximum Gasteiger partial charge on any atom is 0.262 e. The quantitative estimate of drug-likeness (QED) is 0.381. The van der Waals surface area contributed by atoms with E-state index < -0.39 is 5.92 Å². The van der Waals surface area contributed by atoms with Gasteiger partial charge in [0.2, 0.25) is 0 Å². The zero-order valence-corrected chi connectivity index (χ0v) is 26.3. The third-order valence-corrected chi connectivity index (χ3v) is 8.51. The van der Waals surface area contributed by atoms with Gasteiger partial charge in [0, 0.05) is 54.0 Å². The van der Waals surface area contributed by atoms with Gasteiger partial charge in [-0.3, -0.25) is 14.4 Å². The van der Waals surface area contributed by atoms with E-state index in [-0.39, 0.29) is 34.9 Å². The third kappa shape index (κ3) is 6.19. The van der Waals surface area contributed by atoms with Crippen LogP contribution >= 0.6 is 0 Å². The molecule has 0 saturated carbocycles. The molecule has 2 aromatic carbocycles. The van der Waals surface area contributed by atoms with Crippen molar-refractivity contribution in [1.82, 2.24) is 4.90 Å². The van der Waals surface area contributed by atoms with Crippen LogP contribution in [0.1, 0.15) is 71.8 Å². The standard InChI is InChI=1S/C35H42N2O6/c1-8-42-29-15-21(9-14-28(29)43-20-30(40)36-22-10-12-23(41-7)13-11-22)31-32-24(16-34(2,3)18-26(32)38)37(6)25-17-35(4,5)19-27(39)33(25)31/h9-15,31H,8,16-20H2,1-7H3,(H,36,40). The number of carbonyl (C=O) groups is 3. The number of anilines is 1. The SMILES string of the molecule is CCOc1cc(C2C3=C(CC(C)(C)CC3=O)N(C)C3=C2C(=O)CC(C)(C)C3)ccc1OCC(=O)Nc1ccc(OC)cc1. The monoisotopic (exact) mass is 586 g/mol. The molecule has 8 nitrogen and oxygen atoms in total. The highest BCUT2D eigenvalue weighted by Crippen LogP contribution is 2.54. The fourth-order valence-electron chi connectivity index (χ4n) is 6.60. The number of rotatable bonds is 8. The number of hydrogen-bond donors (Lipinski definition) is 1. The van der Waals surface area contributed by atoms with E-state index in [1.54, 1.807) is 37.4 Å². The lowest BCUT2D eigenvalue weighted by Crippen LogP contribution is -2.43. The normalized spacial score (nSPS) is 19.6. The molecule has 0 radical (unpaired) electrons. The highest BCUT2D eigenvalue weighted by molar-refractivity contribution is 6.06. The van der Waals surface area contributed by atoms with Crippen molar-refractivity contribution in [3.8, 4) is 17.2 Å². The predicted molar refractivity (Wildman–Crippen MR) is 165 cm³/mol. The van der Waals surface area contributed by atoms with E-state index in [9.17, 15) is 14.4 Å². The Bertz CT molecular complexity index is 1460. The maximum atomic E-state index is 13.8. The highest BCUT2D eigenvalue weighted by atomic mass is 16.5. The van der Waals surface area contributed by atoms with E-state index in [0.29, 0.717) is 53.5 Å². The molecule has 1 aliphatic heterocycles. The summed E-state index contributed by atoms with van der Waals surface area (Å²) < 4.78 is 17.1. The van der Waals surface area contributed by atoms with Crippen LogP contribution in [0.4, 0.5) is 5.69 Å². The molecule has 0 aromatic heterocycles. The second kappa shape index (κ2) is 11.5. The summed E-state index contributed by atoms with van der Waals surface area (Å²) in [5, 5.41) is 2.82. The molecule has 43 heavy (non-hydrogen) atoms. The Kier molecular flexibility index (Phi) is 8.16. The van der Waals surface area contributed by atoms with Gasteiger partial charge in [-0.1, -0.05) is 33.8 Å². The first kappa shape index (κ1) is 30.4. The minimum absolute atomic E-state index is 0.0840. The number of nitrogens with one attached hydrogen (secondary N) is 1. The maximum absolute atomic E-state index is 13.8. The highest BCUT2D eigenvalue weighted by Gasteiger charge is 2.48. The second-order valence-corrected chi connectivity index (χ2v) is 13.3. The molecule has 2 aromatic rings. The fraction of sp³-hybridized carbons (Fsp3) is 0.457. The number of hydrogen-bond acceptors (Lipinski definition) is 7. The molecule has 0 unspecified atom stereocenters. The van der Waals surface area contributed by atoms with Crippen LogP contribution in [0.2, 0.25) is 0 Å². The number of carbonyl (C=O) groups excluding carboxylic acids is 3. The summed E-state index contributed by atoms with van der Waals surface area (Å²) >= 11 is 0. The molecule has 0 spiro atoms. The van der Waals surface area contributed by atoms with E-state index in [1.165, 1.54) is 0 Å². The van der Waals surface area contributed by atoms with E-state index in [0.717, 1.165) is 29.8 Å². The van der Waals surface area contributed by atoms with Crippen LogP contribution in [-0.2, 0) is 14.4 Å². The van der Waals surface area contributed by atoms with E-state index in [1.807, 2.05) is 26.1 Å². The number of ether oxygens (including phenoxy) is 3. The summed E-state index contributed by atoms with van der Waals surface area (Å²) in [6, 6.07) is 12.6. The van der Waals surface area contributed by atoms with Crippen molar-refractivity contribution < 1.29 is 28.6 Å². The zero-order chi connectivity index (χ0) is 31.1. The zero-order valence-electron chi connectivity index (χ0n) is 26.3. The van der Waals surface area contributed by atoms with E-state index in [2.05, 4.69) is 37.9 Å². The number of amides is 1. The van der Waals surface area contributed by atoms with Crippen LogP contribution in [0.3, 0.4) is 0 Å². The first-order valence-corrected chi connectivity index (χ1v) is 14.9. The molecule has 0 saturated heterocycles. The average molecular weight is 587 g/mol. The van der Waals surface area contributed by atoms with Crippen molar-refractivity contribution in [3.05, 3.63) is 70.6 Å². The fourth-order valence-corrected chi connectivity index (χ4v) is 6.60. The summed E-state index contributed by atoms with van der Waals surface area (Å²) in [6.45, 7) is 10.5. The summed E-state index contributed by atoms with van der Waals surface area (Å²) in [7, 11) is 3.59. The van der Waals surface area contributed by atoms with Crippen LogP contribution < -0.4 is 19.5 Å². The molecular formula is C35H42N2O6. The topological polar surface area (TPSA) is 94.2 Å². The molecule has 0 atom stereocenters. The van der Waals surface area contributed by atoms with Gasteiger partial charge < -0.3 is 24.4 Å². The Morgan fingerprint density at radius 2 is 1.44 bits per heavy atom. The lowest BCUT2D eigenvalue weighted by Gasteiger charge is -2.47. The Hall–Kier alpha value is -4.07. The van der Waals surface area contributed by atoms with Gasteiger partial charge in [-0.15, -0.1) is 0 Å². The van der Waals surface area contributed by atoms with Gasteiger partial charge in [0.15, 0.2) is 29.7 Å². The molecule has 228 valence electrons. The van der Waals surface area contributed by atoms with Crippen molar-refractivity contribution in [1.29, 1.82) is 0 Å². The molecular weight excluding hydrogens is 544 g/mol. The van der Waals surface area contributed by atoms with Gasteiger partial charge in [0.25, 0.3) is 5.91 Å².